The average molecular weight is 479 g/mol. The number of allylic oxidation sites excluding steroid dienone is 2. The Morgan fingerprint density at radius 2 is 1.74 bits per heavy atom. The van der Waals surface area contributed by atoms with Crippen molar-refractivity contribution in [2.75, 3.05) is 6.54 Å². The lowest BCUT2D eigenvalue weighted by Crippen LogP contribution is -2.57. The Balaban J connectivity index is 1.23. The topological polar surface area (TPSA) is 58.2 Å². The minimum atomic E-state index is -0.357. The fourth-order valence-corrected chi connectivity index (χ4v) is 9.13. The van der Waals surface area contributed by atoms with Crippen LogP contribution in [0.25, 0.3) is 0 Å². The largest absolute Gasteiger partial charge is 0.387 e. The molecule has 6 rings (SSSR count). The van der Waals surface area contributed by atoms with Crippen molar-refractivity contribution in [2.24, 2.45) is 34.5 Å². The maximum absolute atomic E-state index is 13.9. The summed E-state index contributed by atoms with van der Waals surface area (Å²) >= 11 is 0. The van der Waals surface area contributed by atoms with E-state index >= 15 is 0 Å². The lowest BCUT2D eigenvalue weighted by Gasteiger charge is -2.58. The van der Waals surface area contributed by atoms with E-state index in [9.17, 15) is 14.0 Å². The molecule has 1 saturated heterocycles. The van der Waals surface area contributed by atoms with Crippen LogP contribution in [-0.4, -0.2) is 18.2 Å². The number of amides is 1. The minimum Gasteiger partial charge on any atom is -0.387 e. The highest BCUT2D eigenvalue weighted by atomic mass is 19.1. The summed E-state index contributed by atoms with van der Waals surface area (Å²) in [6.07, 6.45) is 11.8. The van der Waals surface area contributed by atoms with E-state index in [-0.39, 0.29) is 39.8 Å². The van der Waals surface area contributed by atoms with Crippen LogP contribution in [0.2, 0.25) is 0 Å². The highest BCUT2D eigenvalue weighted by Gasteiger charge is 2.60. The average Bonchev–Trinajstić information content (AvgIpc) is 3.44. The number of hydrogen-bond donors (Lipinski definition) is 2. The molecule has 5 heteroatoms. The van der Waals surface area contributed by atoms with Crippen LogP contribution in [0.15, 0.2) is 36.0 Å². The third kappa shape index (κ3) is 3.51. The van der Waals surface area contributed by atoms with Crippen LogP contribution in [0.1, 0.15) is 83.6 Å². The van der Waals surface area contributed by atoms with Crippen LogP contribution in [-0.2, 0) is 15.1 Å². The number of piperidine rings is 1. The number of rotatable bonds is 3. The molecule has 1 aliphatic heterocycles. The molecule has 2 N–H and O–H groups in total. The molecule has 4 aliphatic carbocycles. The van der Waals surface area contributed by atoms with E-state index in [4.69, 9.17) is 0 Å². The first-order chi connectivity index (χ1) is 16.8. The molecule has 188 valence electrons. The van der Waals surface area contributed by atoms with E-state index in [1.165, 1.54) is 12.1 Å². The molecule has 1 aromatic carbocycles. The molecule has 1 aromatic rings. The van der Waals surface area contributed by atoms with Crippen LogP contribution in [0.5, 0.6) is 0 Å². The zero-order valence-electron chi connectivity index (χ0n) is 21.2. The van der Waals surface area contributed by atoms with Crippen molar-refractivity contribution in [1.82, 2.24) is 10.6 Å². The van der Waals surface area contributed by atoms with Gasteiger partial charge < -0.3 is 10.6 Å². The summed E-state index contributed by atoms with van der Waals surface area (Å²) in [7, 11) is 0. The fraction of sp³-hybridized carbons (Fsp3) is 0.667. The van der Waals surface area contributed by atoms with Gasteiger partial charge in [0.25, 0.3) is 0 Å². The lowest BCUT2D eigenvalue weighted by atomic mass is 9.50. The maximum Gasteiger partial charge on any atom is 0.224 e. The van der Waals surface area contributed by atoms with Gasteiger partial charge in [-0.1, -0.05) is 38.8 Å². The lowest BCUT2D eigenvalue weighted by molar-refractivity contribution is -0.134. The minimum absolute atomic E-state index is 0.0115. The van der Waals surface area contributed by atoms with E-state index in [1.807, 2.05) is 18.2 Å². The Kier molecular flexibility index (Phi) is 5.43. The zero-order valence-corrected chi connectivity index (χ0v) is 21.2. The molecule has 1 heterocycles. The SMILES string of the molecule is C[C@]12CCC(=O)C=C1NC[C@@H]1[C@H]2CC[C@]2(C)C(C(=O)NC3(c4ccc(F)cc4)CCCC3)CC[C@@H]12. The Morgan fingerprint density at radius 1 is 1.00 bits per heavy atom. The summed E-state index contributed by atoms with van der Waals surface area (Å²) in [5.41, 5.74) is 1.93. The van der Waals surface area contributed by atoms with Crippen molar-refractivity contribution in [3.63, 3.8) is 0 Å². The summed E-state index contributed by atoms with van der Waals surface area (Å²) in [5.74, 6) is 1.94. The number of benzene rings is 1. The van der Waals surface area contributed by atoms with Gasteiger partial charge in [-0.2, -0.15) is 0 Å². The first kappa shape index (κ1) is 23.2. The standard InChI is InChI=1S/C30H39FN2O2/c1-28-16-12-24-22(18-32-26-17-21(34)11-15-29(24,26)2)23(28)9-10-25(28)27(35)33-30(13-3-4-14-30)19-5-7-20(31)8-6-19/h5-8,17,22-25,32H,3-4,9-16,18H2,1-2H3,(H,33,35)/t22-,23-,24+,25?,28-,29+/m0/s1. The molecule has 5 aliphatic rings. The molecule has 4 fully saturated rings. The number of hydrogen-bond acceptors (Lipinski definition) is 3. The van der Waals surface area contributed by atoms with Crippen molar-refractivity contribution in [2.45, 2.75) is 83.6 Å². The smallest absolute Gasteiger partial charge is 0.224 e. The van der Waals surface area contributed by atoms with Gasteiger partial charge in [0.05, 0.1) is 5.54 Å². The Bertz CT molecular complexity index is 1060. The van der Waals surface area contributed by atoms with Gasteiger partial charge >= 0.3 is 0 Å². The van der Waals surface area contributed by atoms with Crippen LogP contribution >= 0.6 is 0 Å². The van der Waals surface area contributed by atoms with Crippen molar-refractivity contribution >= 4 is 11.7 Å². The summed E-state index contributed by atoms with van der Waals surface area (Å²) in [5, 5.41) is 7.20. The van der Waals surface area contributed by atoms with E-state index in [0.717, 1.165) is 75.6 Å². The molecular formula is C30H39FN2O2. The summed E-state index contributed by atoms with van der Waals surface area (Å²) in [4.78, 5) is 26.0. The fourth-order valence-electron chi connectivity index (χ4n) is 9.13. The molecular weight excluding hydrogens is 439 g/mol. The van der Waals surface area contributed by atoms with Crippen LogP contribution < -0.4 is 10.6 Å². The Morgan fingerprint density at radius 3 is 2.49 bits per heavy atom. The van der Waals surface area contributed by atoms with E-state index < -0.39 is 0 Å². The Hall–Kier alpha value is -2.17. The summed E-state index contributed by atoms with van der Waals surface area (Å²) in [6, 6.07) is 6.77. The van der Waals surface area contributed by atoms with Crippen molar-refractivity contribution in [1.29, 1.82) is 0 Å². The first-order valence-electron chi connectivity index (χ1n) is 13.8. The van der Waals surface area contributed by atoms with Gasteiger partial charge in [0.2, 0.25) is 5.91 Å². The van der Waals surface area contributed by atoms with Crippen molar-refractivity contribution in [3.8, 4) is 0 Å². The summed E-state index contributed by atoms with van der Waals surface area (Å²) in [6.45, 7) is 5.67. The van der Waals surface area contributed by atoms with Gasteiger partial charge in [-0.05, 0) is 85.8 Å². The van der Waals surface area contributed by atoms with Gasteiger partial charge in [-0.25, -0.2) is 4.39 Å². The third-order valence-electron chi connectivity index (χ3n) is 11.1. The highest BCUT2D eigenvalue weighted by Crippen LogP contribution is 2.64. The first-order valence-corrected chi connectivity index (χ1v) is 13.8. The number of nitrogens with one attached hydrogen (secondary N) is 2. The molecule has 35 heavy (non-hydrogen) atoms. The monoisotopic (exact) mass is 478 g/mol. The second kappa shape index (κ2) is 8.18. The van der Waals surface area contributed by atoms with E-state index in [1.54, 1.807) is 0 Å². The van der Waals surface area contributed by atoms with Crippen molar-refractivity contribution < 1.29 is 14.0 Å². The predicted molar refractivity (Wildman–Crippen MR) is 134 cm³/mol. The zero-order chi connectivity index (χ0) is 24.4. The Labute approximate surface area is 208 Å². The van der Waals surface area contributed by atoms with Crippen molar-refractivity contribution in [3.05, 3.63) is 47.4 Å². The third-order valence-corrected chi connectivity index (χ3v) is 11.1. The molecule has 0 spiro atoms. The number of fused-ring (bicyclic) bond motifs is 5. The number of halogens is 1. The molecule has 1 unspecified atom stereocenters. The molecule has 0 radical (unpaired) electrons. The highest BCUT2D eigenvalue weighted by molar-refractivity contribution is 5.91. The van der Waals surface area contributed by atoms with Gasteiger partial charge in [0, 0.05) is 36.1 Å². The number of carbonyl (C=O) groups is 2. The van der Waals surface area contributed by atoms with Gasteiger partial charge in [0.15, 0.2) is 5.78 Å². The predicted octanol–water partition coefficient (Wildman–Crippen LogP) is 5.63. The van der Waals surface area contributed by atoms with E-state index in [2.05, 4.69) is 24.5 Å². The number of ketones is 1. The molecule has 1 amide bonds. The quantitative estimate of drug-likeness (QED) is 0.592. The van der Waals surface area contributed by atoms with Gasteiger partial charge in [-0.3, -0.25) is 9.59 Å². The second-order valence-corrected chi connectivity index (χ2v) is 12.7. The van der Waals surface area contributed by atoms with Crippen LogP contribution in [0.3, 0.4) is 0 Å². The molecule has 3 saturated carbocycles. The molecule has 0 bridgehead atoms. The maximum atomic E-state index is 13.9. The second-order valence-electron chi connectivity index (χ2n) is 12.7. The molecule has 6 atom stereocenters. The van der Waals surface area contributed by atoms with E-state index in [0.29, 0.717) is 24.2 Å². The van der Waals surface area contributed by atoms with Crippen LogP contribution in [0.4, 0.5) is 4.39 Å². The number of carbonyl (C=O) groups excluding carboxylic acids is 2. The van der Waals surface area contributed by atoms with Gasteiger partial charge in [-0.15, -0.1) is 0 Å². The summed E-state index contributed by atoms with van der Waals surface area (Å²) < 4.78 is 13.6. The normalized spacial score (nSPS) is 39.6. The van der Waals surface area contributed by atoms with Crippen LogP contribution in [0, 0.1) is 40.3 Å². The molecule has 4 nitrogen and oxygen atoms in total. The molecule has 0 aromatic heterocycles. The van der Waals surface area contributed by atoms with Gasteiger partial charge in [0.1, 0.15) is 5.82 Å².